The van der Waals surface area contributed by atoms with Gasteiger partial charge >= 0.3 is 0 Å². The monoisotopic (exact) mass is 488 g/mol. The molecule has 3 heterocycles. The first-order chi connectivity index (χ1) is 15.5. The number of carbonyl (C=O) groups excluding carboxylic acids is 1. The van der Waals surface area contributed by atoms with Gasteiger partial charge in [-0.1, -0.05) is 43.0 Å². The maximum atomic E-state index is 12.6. The number of aromatic nitrogens is 2. The van der Waals surface area contributed by atoms with Crippen LogP contribution in [0.15, 0.2) is 57.9 Å². The summed E-state index contributed by atoms with van der Waals surface area (Å²) in [5.74, 6) is -0.0292. The molecule has 7 nitrogen and oxygen atoms in total. The second kappa shape index (κ2) is 10.1. The van der Waals surface area contributed by atoms with Crippen LogP contribution in [0.1, 0.15) is 25.3 Å². The summed E-state index contributed by atoms with van der Waals surface area (Å²) in [5, 5.41) is 5.88. The average Bonchev–Trinajstić information content (AvgIpc) is 3.51. The molecule has 1 aromatic carbocycles. The number of nitrogens with one attached hydrogen (secondary N) is 1. The first-order valence-electron chi connectivity index (χ1n) is 10.4. The second-order valence-electron chi connectivity index (χ2n) is 7.37. The first kappa shape index (κ1) is 22.9. The highest BCUT2D eigenvalue weighted by Gasteiger charge is 2.27. The van der Waals surface area contributed by atoms with Crippen LogP contribution in [0.25, 0.3) is 11.3 Å². The lowest BCUT2D eigenvalue weighted by Crippen LogP contribution is -2.27. The standard InChI is InChI=1S/C22H24N4O3S3/c1-2-16-5-7-17(8-6-16)19-14-31-22(24-19)25-20(27)15-30-21-10-9-18(13-23-21)32(28,29)26-11-3-4-12-26/h5-10,13-14H,2-4,11-12,15H2,1H3,(H,24,25,27). The van der Waals surface area contributed by atoms with Crippen molar-refractivity contribution in [1.82, 2.24) is 14.3 Å². The zero-order valence-corrected chi connectivity index (χ0v) is 20.1. The first-order valence-corrected chi connectivity index (χ1v) is 13.7. The Labute approximate surface area is 196 Å². The highest BCUT2D eigenvalue weighted by molar-refractivity contribution is 7.99. The Balaban J connectivity index is 1.31. The van der Waals surface area contributed by atoms with E-state index < -0.39 is 10.0 Å². The van der Waals surface area contributed by atoms with Crippen LogP contribution in [0.5, 0.6) is 0 Å². The number of hydrogen-bond donors (Lipinski definition) is 1. The van der Waals surface area contributed by atoms with Crippen molar-refractivity contribution in [2.24, 2.45) is 0 Å². The van der Waals surface area contributed by atoms with Gasteiger partial charge in [0.15, 0.2) is 5.13 Å². The molecule has 0 unspecified atom stereocenters. The van der Waals surface area contributed by atoms with Crippen molar-refractivity contribution in [3.8, 4) is 11.3 Å². The average molecular weight is 489 g/mol. The normalized spacial score (nSPS) is 14.5. The molecule has 1 aliphatic heterocycles. The minimum absolute atomic E-state index is 0.158. The highest BCUT2D eigenvalue weighted by Crippen LogP contribution is 2.26. The Morgan fingerprint density at radius 1 is 1.16 bits per heavy atom. The van der Waals surface area contributed by atoms with E-state index in [0.717, 1.165) is 30.5 Å². The van der Waals surface area contributed by atoms with Gasteiger partial charge < -0.3 is 5.32 Å². The van der Waals surface area contributed by atoms with E-state index in [1.54, 1.807) is 12.1 Å². The van der Waals surface area contributed by atoms with Crippen molar-refractivity contribution in [2.45, 2.75) is 36.1 Å². The summed E-state index contributed by atoms with van der Waals surface area (Å²) >= 11 is 2.63. The lowest BCUT2D eigenvalue weighted by Gasteiger charge is -2.15. The molecule has 0 saturated carbocycles. The number of benzene rings is 1. The largest absolute Gasteiger partial charge is 0.301 e. The summed E-state index contributed by atoms with van der Waals surface area (Å²) in [5.41, 5.74) is 3.11. The van der Waals surface area contributed by atoms with Crippen LogP contribution in [0.3, 0.4) is 0 Å². The fourth-order valence-electron chi connectivity index (χ4n) is 3.35. The molecule has 0 aliphatic carbocycles. The van der Waals surface area contributed by atoms with Crippen molar-refractivity contribution >= 4 is 44.2 Å². The van der Waals surface area contributed by atoms with Crippen molar-refractivity contribution in [3.05, 3.63) is 53.5 Å². The number of hydrogen-bond acceptors (Lipinski definition) is 7. The molecular formula is C22H24N4O3S3. The van der Waals surface area contributed by atoms with Gasteiger partial charge in [-0.3, -0.25) is 4.79 Å². The van der Waals surface area contributed by atoms with Gasteiger partial charge in [-0.05, 0) is 37.0 Å². The summed E-state index contributed by atoms with van der Waals surface area (Å²) in [4.78, 5) is 21.2. The Morgan fingerprint density at radius 2 is 1.91 bits per heavy atom. The summed E-state index contributed by atoms with van der Waals surface area (Å²) in [6.45, 7) is 3.23. The fourth-order valence-corrected chi connectivity index (χ4v) is 6.19. The summed E-state index contributed by atoms with van der Waals surface area (Å²) in [7, 11) is -3.48. The second-order valence-corrected chi connectivity index (χ2v) is 11.2. The van der Waals surface area contributed by atoms with Gasteiger partial charge in [0, 0.05) is 30.2 Å². The molecule has 0 atom stereocenters. The van der Waals surface area contributed by atoms with Crippen LogP contribution in [-0.4, -0.2) is 47.4 Å². The third-order valence-electron chi connectivity index (χ3n) is 5.17. The van der Waals surface area contributed by atoms with E-state index in [9.17, 15) is 13.2 Å². The minimum atomic E-state index is -3.48. The van der Waals surface area contributed by atoms with Crippen LogP contribution in [0.2, 0.25) is 0 Å². The molecule has 2 aromatic heterocycles. The van der Waals surface area contributed by atoms with E-state index in [0.29, 0.717) is 23.2 Å². The number of thioether (sulfide) groups is 1. The molecule has 1 saturated heterocycles. The zero-order valence-electron chi connectivity index (χ0n) is 17.7. The van der Waals surface area contributed by atoms with Crippen molar-refractivity contribution in [1.29, 1.82) is 0 Å². The fraction of sp³-hybridized carbons (Fsp3) is 0.318. The van der Waals surface area contributed by atoms with E-state index in [1.165, 1.54) is 39.2 Å². The Hall–Kier alpha value is -2.27. The summed E-state index contributed by atoms with van der Waals surface area (Å²) in [6, 6.07) is 11.4. The third-order valence-corrected chi connectivity index (χ3v) is 8.76. The Kier molecular flexibility index (Phi) is 7.24. The minimum Gasteiger partial charge on any atom is -0.301 e. The molecule has 0 bridgehead atoms. The van der Waals surface area contributed by atoms with E-state index in [2.05, 4.69) is 34.3 Å². The number of nitrogens with zero attached hydrogens (tertiary/aromatic N) is 3. The number of aryl methyl sites for hydroxylation is 1. The molecule has 32 heavy (non-hydrogen) atoms. The maximum Gasteiger partial charge on any atom is 0.244 e. The predicted octanol–water partition coefficient (Wildman–Crippen LogP) is 4.28. The number of thiazole rings is 1. The third kappa shape index (κ3) is 5.37. The number of amides is 1. The molecule has 10 heteroatoms. The van der Waals surface area contributed by atoms with E-state index in [4.69, 9.17) is 0 Å². The molecule has 168 valence electrons. The van der Waals surface area contributed by atoms with Crippen molar-refractivity contribution < 1.29 is 13.2 Å². The van der Waals surface area contributed by atoms with E-state index in [-0.39, 0.29) is 16.6 Å². The van der Waals surface area contributed by atoms with Crippen LogP contribution >= 0.6 is 23.1 Å². The lowest BCUT2D eigenvalue weighted by molar-refractivity contribution is -0.113. The van der Waals surface area contributed by atoms with Crippen molar-refractivity contribution in [2.75, 3.05) is 24.2 Å². The van der Waals surface area contributed by atoms with Crippen LogP contribution in [-0.2, 0) is 21.2 Å². The summed E-state index contributed by atoms with van der Waals surface area (Å²) < 4.78 is 26.6. The van der Waals surface area contributed by atoms with Crippen LogP contribution in [0, 0.1) is 0 Å². The van der Waals surface area contributed by atoms with Crippen molar-refractivity contribution in [3.63, 3.8) is 0 Å². The highest BCUT2D eigenvalue weighted by atomic mass is 32.2. The molecule has 3 aromatic rings. The van der Waals surface area contributed by atoms with Gasteiger partial charge in [-0.2, -0.15) is 4.31 Å². The molecule has 0 spiro atoms. The Bertz CT molecular complexity index is 1170. The van der Waals surface area contributed by atoms with Gasteiger partial charge in [0.2, 0.25) is 15.9 Å². The topological polar surface area (TPSA) is 92.3 Å². The van der Waals surface area contributed by atoms with Crippen LogP contribution < -0.4 is 5.32 Å². The van der Waals surface area contributed by atoms with E-state index in [1.807, 2.05) is 17.5 Å². The molecule has 4 rings (SSSR count). The molecule has 1 amide bonds. The van der Waals surface area contributed by atoms with E-state index >= 15 is 0 Å². The zero-order chi connectivity index (χ0) is 22.6. The number of carbonyl (C=O) groups is 1. The number of rotatable bonds is 8. The lowest BCUT2D eigenvalue weighted by atomic mass is 10.1. The molecule has 0 radical (unpaired) electrons. The van der Waals surface area contributed by atoms with Gasteiger partial charge in [0.25, 0.3) is 0 Å². The molecule has 1 N–H and O–H groups in total. The van der Waals surface area contributed by atoms with Crippen LogP contribution in [0.4, 0.5) is 5.13 Å². The smallest absolute Gasteiger partial charge is 0.244 e. The number of sulfonamides is 1. The number of anilines is 1. The Morgan fingerprint density at radius 3 is 2.56 bits per heavy atom. The summed E-state index contributed by atoms with van der Waals surface area (Å²) in [6.07, 6.45) is 4.13. The maximum absolute atomic E-state index is 12.6. The van der Waals surface area contributed by atoms with Gasteiger partial charge in [-0.15, -0.1) is 11.3 Å². The van der Waals surface area contributed by atoms with Gasteiger partial charge in [0.1, 0.15) is 4.90 Å². The number of pyridine rings is 1. The predicted molar refractivity (Wildman–Crippen MR) is 129 cm³/mol. The molecule has 1 fully saturated rings. The molecular weight excluding hydrogens is 464 g/mol. The van der Waals surface area contributed by atoms with Gasteiger partial charge in [-0.25, -0.2) is 18.4 Å². The van der Waals surface area contributed by atoms with Gasteiger partial charge in [0.05, 0.1) is 16.5 Å². The SMILES string of the molecule is CCc1ccc(-c2csc(NC(=O)CSc3ccc(S(=O)(=O)N4CCCC4)cn3)n2)cc1. The molecule has 1 aliphatic rings. The quantitative estimate of drug-likeness (QED) is 0.476.